The van der Waals surface area contributed by atoms with Gasteiger partial charge in [0.15, 0.2) is 0 Å². The number of carbonyl (C=O) groups excluding carboxylic acids is 1. The molecule has 0 unspecified atom stereocenters. The van der Waals surface area contributed by atoms with Crippen LogP contribution in [0.3, 0.4) is 0 Å². The van der Waals surface area contributed by atoms with Crippen molar-refractivity contribution in [3.8, 4) is 11.3 Å². The lowest BCUT2D eigenvalue weighted by Gasteiger charge is -2.06. The molecule has 0 spiro atoms. The maximum absolute atomic E-state index is 12.0. The Labute approximate surface area is 150 Å². The molecule has 2 heterocycles. The molecule has 0 atom stereocenters. The number of aromatic amines is 1. The minimum Gasteiger partial charge on any atom is -0.444 e. The third kappa shape index (κ3) is 3.57. The van der Waals surface area contributed by atoms with E-state index in [1.165, 1.54) is 0 Å². The Balaban J connectivity index is 1.46. The van der Waals surface area contributed by atoms with Crippen LogP contribution in [0.15, 0.2) is 79.0 Å². The van der Waals surface area contributed by atoms with Crippen LogP contribution in [-0.2, 0) is 11.3 Å². The fourth-order valence-corrected chi connectivity index (χ4v) is 2.73. The van der Waals surface area contributed by atoms with E-state index in [9.17, 15) is 4.79 Å². The Kier molecular flexibility index (Phi) is 4.35. The van der Waals surface area contributed by atoms with E-state index in [0.29, 0.717) is 5.69 Å². The highest BCUT2D eigenvalue weighted by Crippen LogP contribution is 2.24. The van der Waals surface area contributed by atoms with Crippen molar-refractivity contribution < 1.29 is 9.53 Å². The highest BCUT2D eigenvalue weighted by molar-refractivity contribution is 5.90. The number of amides is 1. The summed E-state index contributed by atoms with van der Waals surface area (Å²) in [5.41, 5.74) is 4.37. The number of ether oxygens (including phenoxy) is 1. The summed E-state index contributed by atoms with van der Waals surface area (Å²) in [6, 6.07) is 23.5. The molecule has 0 fully saturated rings. The van der Waals surface area contributed by atoms with Crippen LogP contribution in [0.5, 0.6) is 0 Å². The number of carbonyl (C=O) groups is 1. The molecule has 26 heavy (non-hydrogen) atoms. The molecule has 4 rings (SSSR count). The number of fused-ring (bicyclic) bond motifs is 1. The van der Waals surface area contributed by atoms with Gasteiger partial charge < -0.3 is 9.72 Å². The molecule has 2 N–H and O–H groups in total. The van der Waals surface area contributed by atoms with E-state index in [2.05, 4.69) is 15.3 Å². The summed E-state index contributed by atoms with van der Waals surface area (Å²) in [5.74, 6) is 0. The molecule has 128 valence electrons. The predicted molar refractivity (Wildman–Crippen MR) is 102 cm³/mol. The first-order valence-electron chi connectivity index (χ1n) is 8.30. The van der Waals surface area contributed by atoms with Crippen molar-refractivity contribution in [3.63, 3.8) is 0 Å². The molecule has 4 aromatic rings. The van der Waals surface area contributed by atoms with Gasteiger partial charge in [-0.1, -0.05) is 60.7 Å². The lowest BCUT2D eigenvalue weighted by atomic mass is 10.1. The minimum absolute atomic E-state index is 0.227. The van der Waals surface area contributed by atoms with Gasteiger partial charge in [0.25, 0.3) is 0 Å². The zero-order chi connectivity index (χ0) is 17.8. The number of hydrogen-bond donors (Lipinski definition) is 2. The van der Waals surface area contributed by atoms with Crippen molar-refractivity contribution in [3.05, 3.63) is 84.6 Å². The number of nitrogens with zero attached hydrogens (tertiary/aromatic N) is 1. The second kappa shape index (κ2) is 7.11. The summed E-state index contributed by atoms with van der Waals surface area (Å²) in [7, 11) is 0. The van der Waals surface area contributed by atoms with Crippen molar-refractivity contribution in [2.75, 3.05) is 5.32 Å². The highest BCUT2D eigenvalue weighted by Gasteiger charge is 2.08. The Morgan fingerprint density at radius 2 is 1.73 bits per heavy atom. The van der Waals surface area contributed by atoms with E-state index >= 15 is 0 Å². The highest BCUT2D eigenvalue weighted by atomic mass is 16.5. The Bertz CT molecular complexity index is 1030. The third-order valence-electron chi connectivity index (χ3n) is 4.01. The van der Waals surface area contributed by atoms with Gasteiger partial charge in [-0.05, 0) is 23.3 Å². The maximum Gasteiger partial charge on any atom is 0.412 e. The molecule has 0 saturated carbocycles. The molecule has 1 amide bonds. The number of nitrogens with one attached hydrogen (secondary N) is 2. The van der Waals surface area contributed by atoms with Crippen LogP contribution >= 0.6 is 0 Å². The SMILES string of the molecule is O=C(Nc1cnc2[nH]c(-c3ccccc3)cc2c1)OCc1ccccc1. The molecule has 0 saturated heterocycles. The summed E-state index contributed by atoms with van der Waals surface area (Å²) in [6.07, 6.45) is 1.10. The lowest BCUT2D eigenvalue weighted by Crippen LogP contribution is -2.13. The largest absolute Gasteiger partial charge is 0.444 e. The number of rotatable bonds is 4. The standard InChI is InChI=1S/C21H17N3O2/c25-21(26-14-15-7-3-1-4-8-15)23-18-11-17-12-19(24-20(17)22-13-18)16-9-5-2-6-10-16/h1-13H,14H2,(H,22,24)(H,23,25). The molecule has 0 aliphatic carbocycles. The van der Waals surface area contributed by atoms with Crippen LogP contribution in [0, 0.1) is 0 Å². The van der Waals surface area contributed by atoms with E-state index in [4.69, 9.17) is 4.74 Å². The minimum atomic E-state index is -0.506. The molecule has 0 bridgehead atoms. The summed E-state index contributed by atoms with van der Waals surface area (Å²) in [4.78, 5) is 19.6. The number of anilines is 1. The number of H-pyrrole nitrogens is 1. The monoisotopic (exact) mass is 343 g/mol. The molecule has 5 heteroatoms. The molecule has 2 aromatic heterocycles. The van der Waals surface area contributed by atoms with E-state index in [-0.39, 0.29) is 6.61 Å². The molecule has 0 aliphatic heterocycles. The zero-order valence-electron chi connectivity index (χ0n) is 14.0. The van der Waals surface area contributed by atoms with Crippen molar-refractivity contribution in [2.24, 2.45) is 0 Å². The van der Waals surface area contributed by atoms with Crippen LogP contribution in [0.25, 0.3) is 22.3 Å². The van der Waals surface area contributed by atoms with Gasteiger partial charge in [-0.15, -0.1) is 0 Å². The van der Waals surface area contributed by atoms with Crippen LogP contribution in [0.1, 0.15) is 5.56 Å². The van der Waals surface area contributed by atoms with E-state index in [1.807, 2.05) is 72.8 Å². The molecule has 0 aliphatic rings. The van der Waals surface area contributed by atoms with Crippen molar-refractivity contribution in [1.82, 2.24) is 9.97 Å². The van der Waals surface area contributed by atoms with Gasteiger partial charge in [0.05, 0.1) is 11.9 Å². The van der Waals surface area contributed by atoms with Crippen LogP contribution in [0.4, 0.5) is 10.5 Å². The van der Waals surface area contributed by atoms with Gasteiger partial charge >= 0.3 is 6.09 Å². The van der Waals surface area contributed by atoms with Crippen LogP contribution in [0.2, 0.25) is 0 Å². The molecule has 5 nitrogen and oxygen atoms in total. The lowest BCUT2D eigenvalue weighted by molar-refractivity contribution is 0.155. The van der Waals surface area contributed by atoms with Gasteiger partial charge in [-0.2, -0.15) is 0 Å². The number of aromatic nitrogens is 2. The molecular formula is C21H17N3O2. The normalized spacial score (nSPS) is 10.6. The summed E-state index contributed by atoms with van der Waals surface area (Å²) >= 11 is 0. The zero-order valence-corrected chi connectivity index (χ0v) is 14.0. The second-order valence-electron chi connectivity index (χ2n) is 5.90. The number of pyridine rings is 1. The Morgan fingerprint density at radius 3 is 2.50 bits per heavy atom. The topological polar surface area (TPSA) is 67.0 Å². The summed E-state index contributed by atoms with van der Waals surface area (Å²) in [6.45, 7) is 0.227. The fourth-order valence-electron chi connectivity index (χ4n) is 2.73. The fraction of sp³-hybridized carbons (Fsp3) is 0.0476. The van der Waals surface area contributed by atoms with E-state index in [0.717, 1.165) is 27.9 Å². The molecule has 0 radical (unpaired) electrons. The van der Waals surface area contributed by atoms with Crippen LogP contribution < -0.4 is 5.32 Å². The van der Waals surface area contributed by atoms with Crippen LogP contribution in [-0.4, -0.2) is 16.1 Å². The second-order valence-corrected chi connectivity index (χ2v) is 5.90. The van der Waals surface area contributed by atoms with Gasteiger partial charge in [-0.25, -0.2) is 9.78 Å². The number of benzene rings is 2. The first-order chi connectivity index (χ1) is 12.8. The average Bonchev–Trinajstić information content (AvgIpc) is 3.11. The Morgan fingerprint density at radius 1 is 1.00 bits per heavy atom. The Hall–Kier alpha value is -3.60. The van der Waals surface area contributed by atoms with E-state index in [1.54, 1.807) is 6.20 Å². The predicted octanol–water partition coefficient (Wildman–Crippen LogP) is 4.98. The quantitative estimate of drug-likeness (QED) is 0.549. The third-order valence-corrected chi connectivity index (χ3v) is 4.01. The average molecular weight is 343 g/mol. The van der Waals surface area contributed by atoms with Gasteiger partial charge in [0.2, 0.25) is 0 Å². The summed E-state index contributed by atoms with van der Waals surface area (Å²) in [5, 5.41) is 3.64. The first kappa shape index (κ1) is 15.9. The van der Waals surface area contributed by atoms with Gasteiger partial charge in [0.1, 0.15) is 12.3 Å². The summed E-state index contributed by atoms with van der Waals surface area (Å²) < 4.78 is 5.23. The van der Waals surface area contributed by atoms with Crippen molar-refractivity contribution in [1.29, 1.82) is 0 Å². The van der Waals surface area contributed by atoms with Crippen molar-refractivity contribution >= 4 is 22.8 Å². The first-order valence-corrected chi connectivity index (χ1v) is 8.30. The van der Waals surface area contributed by atoms with E-state index < -0.39 is 6.09 Å². The van der Waals surface area contributed by atoms with Gasteiger partial charge in [-0.3, -0.25) is 5.32 Å². The number of hydrogen-bond acceptors (Lipinski definition) is 3. The van der Waals surface area contributed by atoms with Gasteiger partial charge in [0, 0.05) is 11.1 Å². The molecule has 2 aromatic carbocycles. The maximum atomic E-state index is 12.0. The smallest absolute Gasteiger partial charge is 0.412 e. The van der Waals surface area contributed by atoms with Crippen molar-refractivity contribution in [2.45, 2.75) is 6.61 Å². The molecular weight excluding hydrogens is 326 g/mol.